The Labute approximate surface area is 200 Å². The second kappa shape index (κ2) is 10.3. The number of nitrogens with zero attached hydrogens (tertiary/aromatic N) is 5. The number of anilines is 1. The smallest absolute Gasteiger partial charge is 0.292 e. The number of benzene rings is 2. The number of amides is 1. The summed E-state index contributed by atoms with van der Waals surface area (Å²) in [6.45, 7) is 4.22. The van der Waals surface area contributed by atoms with Gasteiger partial charge in [-0.05, 0) is 35.7 Å². The maximum Gasteiger partial charge on any atom is 0.292 e. The van der Waals surface area contributed by atoms with Gasteiger partial charge in [0.15, 0.2) is 11.0 Å². The van der Waals surface area contributed by atoms with Crippen LogP contribution >= 0.6 is 11.8 Å². The number of pyridine rings is 1. The van der Waals surface area contributed by atoms with Crippen molar-refractivity contribution < 1.29 is 9.72 Å². The largest absolute Gasteiger partial charge is 0.320 e. The Bertz CT molecular complexity index is 1320. The van der Waals surface area contributed by atoms with Gasteiger partial charge in [-0.15, -0.1) is 10.2 Å². The molecule has 1 N–H and O–H groups in total. The molecule has 0 atom stereocenters. The molecule has 0 spiro atoms. The van der Waals surface area contributed by atoms with E-state index in [0.717, 1.165) is 16.8 Å². The van der Waals surface area contributed by atoms with Crippen molar-refractivity contribution in [3.8, 4) is 17.1 Å². The molecule has 10 heteroatoms. The Balaban J connectivity index is 1.65. The molecule has 0 aliphatic carbocycles. The van der Waals surface area contributed by atoms with Gasteiger partial charge in [0.25, 0.3) is 5.69 Å². The molecule has 2 aromatic heterocycles. The number of carbonyl (C=O) groups is 1. The minimum atomic E-state index is -0.525. The van der Waals surface area contributed by atoms with Crippen molar-refractivity contribution in [2.75, 3.05) is 11.1 Å². The highest BCUT2D eigenvalue weighted by molar-refractivity contribution is 7.99. The predicted molar refractivity (Wildman–Crippen MR) is 131 cm³/mol. The van der Waals surface area contributed by atoms with Crippen LogP contribution in [0.25, 0.3) is 17.1 Å². The van der Waals surface area contributed by atoms with Gasteiger partial charge in [-0.1, -0.05) is 55.9 Å². The first-order valence-corrected chi connectivity index (χ1v) is 11.6. The molecule has 0 fully saturated rings. The fourth-order valence-corrected chi connectivity index (χ4v) is 4.24. The lowest BCUT2D eigenvalue weighted by Gasteiger charge is -2.16. The van der Waals surface area contributed by atoms with Crippen LogP contribution in [-0.2, 0) is 4.79 Å². The molecule has 2 aromatic carbocycles. The van der Waals surface area contributed by atoms with Crippen LogP contribution in [0.3, 0.4) is 0 Å². The normalized spacial score (nSPS) is 10.9. The average molecular weight is 475 g/mol. The van der Waals surface area contributed by atoms with Crippen LogP contribution in [0.4, 0.5) is 11.4 Å². The van der Waals surface area contributed by atoms with Gasteiger partial charge in [-0.25, -0.2) is 0 Å². The lowest BCUT2D eigenvalue weighted by molar-refractivity contribution is -0.383. The number of nitro groups is 1. The van der Waals surface area contributed by atoms with E-state index >= 15 is 0 Å². The van der Waals surface area contributed by atoms with Gasteiger partial charge in [-0.2, -0.15) is 0 Å². The van der Waals surface area contributed by atoms with Crippen molar-refractivity contribution in [3.05, 3.63) is 88.7 Å². The van der Waals surface area contributed by atoms with Crippen molar-refractivity contribution in [1.29, 1.82) is 0 Å². The number of thioether (sulfide) groups is 1. The molecule has 34 heavy (non-hydrogen) atoms. The Morgan fingerprint density at radius 2 is 1.85 bits per heavy atom. The van der Waals surface area contributed by atoms with Crippen LogP contribution in [0.2, 0.25) is 0 Å². The van der Waals surface area contributed by atoms with E-state index in [-0.39, 0.29) is 29.0 Å². The molecule has 172 valence electrons. The second-order valence-corrected chi connectivity index (χ2v) is 8.65. The summed E-state index contributed by atoms with van der Waals surface area (Å²) in [5.74, 6) is 0.484. The Morgan fingerprint density at radius 3 is 2.59 bits per heavy atom. The summed E-state index contributed by atoms with van der Waals surface area (Å²) in [6, 6.07) is 17.8. The molecule has 0 saturated carbocycles. The first-order chi connectivity index (χ1) is 16.5. The molecule has 0 radical (unpaired) electrons. The first kappa shape index (κ1) is 23.1. The second-order valence-electron chi connectivity index (χ2n) is 7.71. The third-order valence-electron chi connectivity index (χ3n) is 5.06. The molecule has 0 unspecified atom stereocenters. The lowest BCUT2D eigenvalue weighted by Crippen LogP contribution is -2.15. The number of nitrogens with one attached hydrogen (secondary N) is 1. The van der Waals surface area contributed by atoms with Gasteiger partial charge >= 0.3 is 0 Å². The molecular weight excluding hydrogens is 452 g/mol. The monoisotopic (exact) mass is 474 g/mol. The fraction of sp³-hybridized carbons (Fsp3) is 0.167. The topological polar surface area (TPSA) is 116 Å². The molecular formula is C24H22N6O3S. The average Bonchev–Trinajstić information content (AvgIpc) is 3.27. The van der Waals surface area contributed by atoms with Gasteiger partial charge < -0.3 is 5.32 Å². The van der Waals surface area contributed by atoms with E-state index in [9.17, 15) is 14.9 Å². The van der Waals surface area contributed by atoms with E-state index in [1.807, 2.05) is 34.9 Å². The van der Waals surface area contributed by atoms with Crippen molar-refractivity contribution in [3.63, 3.8) is 0 Å². The summed E-state index contributed by atoms with van der Waals surface area (Å²) < 4.78 is 1.93. The number of carbonyl (C=O) groups excluding carboxylic acids is 1. The highest BCUT2D eigenvalue weighted by atomic mass is 32.2. The molecule has 1 amide bonds. The standard InChI is InChI=1S/C24H22N6O3S/c1-16(2)18-9-3-5-11-20(18)29-23(17-8-7-13-25-14-17)27-28-24(29)34-15-22(31)26-19-10-4-6-12-21(19)30(32)33/h3-14,16H,15H2,1-2H3,(H,26,31). The fourth-order valence-electron chi connectivity index (χ4n) is 3.50. The van der Waals surface area contributed by atoms with E-state index in [2.05, 4.69) is 40.4 Å². The molecule has 0 bridgehead atoms. The molecule has 2 heterocycles. The number of para-hydroxylation sites is 3. The van der Waals surface area contributed by atoms with E-state index < -0.39 is 4.92 Å². The zero-order valence-electron chi connectivity index (χ0n) is 18.6. The zero-order chi connectivity index (χ0) is 24.1. The molecule has 4 rings (SSSR count). The summed E-state index contributed by atoms with van der Waals surface area (Å²) in [7, 11) is 0. The van der Waals surface area contributed by atoms with Crippen LogP contribution in [0.5, 0.6) is 0 Å². The minimum absolute atomic E-state index is 0.00106. The predicted octanol–water partition coefficient (Wildman–Crippen LogP) is 5.09. The number of hydrogen-bond donors (Lipinski definition) is 1. The number of rotatable bonds is 8. The highest BCUT2D eigenvalue weighted by Crippen LogP contribution is 2.32. The van der Waals surface area contributed by atoms with Crippen molar-refractivity contribution in [2.24, 2.45) is 0 Å². The summed E-state index contributed by atoms with van der Waals surface area (Å²) in [5, 5.41) is 23.1. The molecule has 4 aromatic rings. The van der Waals surface area contributed by atoms with Crippen LogP contribution < -0.4 is 5.32 Å². The van der Waals surface area contributed by atoms with Crippen molar-refractivity contribution >= 4 is 29.0 Å². The van der Waals surface area contributed by atoms with Crippen LogP contribution in [0, 0.1) is 10.1 Å². The highest BCUT2D eigenvalue weighted by Gasteiger charge is 2.21. The van der Waals surface area contributed by atoms with Gasteiger partial charge in [0.2, 0.25) is 5.91 Å². The molecule has 9 nitrogen and oxygen atoms in total. The van der Waals surface area contributed by atoms with Crippen LogP contribution in [0.15, 0.2) is 78.2 Å². The quantitative estimate of drug-likeness (QED) is 0.215. The summed E-state index contributed by atoms with van der Waals surface area (Å²) in [6.07, 6.45) is 3.41. The number of aromatic nitrogens is 4. The Morgan fingerprint density at radius 1 is 1.09 bits per heavy atom. The van der Waals surface area contributed by atoms with Gasteiger partial charge in [0, 0.05) is 24.0 Å². The van der Waals surface area contributed by atoms with E-state index in [0.29, 0.717) is 11.0 Å². The summed E-state index contributed by atoms with van der Waals surface area (Å²) in [4.78, 5) is 27.5. The molecule has 0 aliphatic rings. The molecule has 0 saturated heterocycles. The third kappa shape index (κ3) is 4.96. The van der Waals surface area contributed by atoms with Gasteiger partial charge in [0.1, 0.15) is 5.69 Å². The maximum absolute atomic E-state index is 12.6. The SMILES string of the molecule is CC(C)c1ccccc1-n1c(SCC(=O)Nc2ccccc2[N+](=O)[O-])nnc1-c1cccnc1. The lowest BCUT2D eigenvalue weighted by atomic mass is 10.0. The number of nitro benzene ring substituents is 1. The van der Waals surface area contributed by atoms with E-state index in [1.165, 1.54) is 23.9 Å². The Kier molecular flexibility index (Phi) is 6.98. The van der Waals surface area contributed by atoms with Gasteiger partial charge in [0.05, 0.1) is 16.4 Å². The van der Waals surface area contributed by atoms with Crippen molar-refractivity contribution in [2.45, 2.75) is 24.9 Å². The van der Waals surface area contributed by atoms with Crippen LogP contribution in [0.1, 0.15) is 25.3 Å². The third-order valence-corrected chi connectivity index (χ3v) is 5.99. The number of hydrogen-bond acceptors (Lipinski definition) is 7. The van der Waals surface area contributed by atoms with Crippen LogP contribution in [-0.4, -0.2) is 36.3 Å². The minimum Gasteiger partial charge on any atom is -0.320 e. The Hall–Kier alpha value is -4.05. The van der Waals surface area contributed by atoms with E-state index in [4.69, 9.17) is 0 Å². The summed E-state index contributed by atoms with van der Waals surface area (Å²) >= 11 is 1.21. The van der Waals surface area contributed by atoms with Gasteiger partial charge in [-0.3, -0.25) is 24.5 Å². The zero-order valence-corrected chi connectivity index (χ0v) is 19.4. The molecule has 0 aliphatic heterocycles. The summed E-state index contributed by atoms with van der Waals surface area (Å²) in [5.41, 5.74) is 2.82. The van der Waals surface area contributed by atoms with E-state index in [1.54, 1.807) is 24.5 Å². The maximum atomic E-state index is 12.6. The first-order valence-electron chi connectivity index (χ1n) is 10.6. The van der Waals surface area contributed by atoms with Crippen molar-refractivity contribution in [1.82, 2.24) is 19.7 Å².